The van der Waals surface area contributed by atoms with Crippen LogP contribution in [0, 0.1) is 5.82 Å². The average molecular weight is 433 g/mol. The molecule has 2 aromatic heterocycles. The van der Waals surface area contributed by atoms with Crippen LogP contribution in [0.1, 0.15) is 21.6 Å². The van der Waals surface area contributed by atoms with Gasteiger partial charge in [0.25, 0.3) is 0 Å². The van der Waals surface area contributed by atoms with E-state index < -0.39 is 0 Å². The van der Waals surface area contributed by atoms with Gasteiger partial charge >= 0.3 is 0 Å². The number of aromatic nitrogens is 4. The quantitative estimate of drug-likeness (QED) is 0.422. The van der Waals surface area contributed by atoms with E-state index in [9.17, 15) is 9.18 Å². The van der Waals surface area contributed by atoms with Gasteiger partial charge in [-0.25, -0.2) is 14.1 Å². The maximum absolute atomic E-state index is 13.2. The summed E-state index contributed by atoms with van der Waals surface area (Å²) >= 11 is 0. The van der Waals surface area contributed by atoms with Gasteiger partial charge in [0.05, 0.1) is 32.5 Å². The number of carbonyl (C=O) groups is 1. The second kappa shape index (κ2) is 9.25. The molecule has 4 rings (SSSR count). The van der Waals surface area contributed by atoms with Gasteiger partial charge in [-0.3, -0.25) is 4.79 Å². The summed E-state index contributed by atoms with van der Waals surface area (Å²) in [5.74, 6) is 0.969. The van der Waals surface area contributed by atoms with E-state index in [0.29, 0.717) is 35.1 Å². The van der Waals surface area contributed by atoms with Crippen LogP contribution < -0.4 is 14.8 Å². The number of hydrogen-bond donors (Lipinski definition) is 1. The van der Waals surface area contributed by atoms with Crippen molar-refractivity contribution in [3.05, 3.63) is 89.6 Å². The highest BCUT2D eigenvalue weighted by Gasteiger charge is 2.18. The highest BCUT2D eigenvalue weighted by Crippen LogP contribution is 2.24. The molecule has 0 aliphatic carbocycles. The highest BCUT2D eigenvalue weighted by atomic mass is 19.1. The lowest BCUT2D eigenvalue weighted by atomic mass is 10.1. The Morgan fingerprint density at radius 1 is 1.06 bits per heavy atom. The van der Waals surface area contributed by atoms with Crippen molar-refractivity contribution in [2.75, 3.05) is 19.5 Å². The van der Waals surface area contributed by atoms with E-state index in [1.807, 2.05) is 12.1 Å². The van der Waals surface area contributed by atoms with Gasteiger partial charge in [-0.2, -0.15) is 0 Å². The van der Waals surface area contributed by atoms with Crippen molar-refractivity contribution in [2.45, 2.75) is 6.54 Å². The first-order valence-corrected chi connectivity index (χ1v) is 9.70. The maximum Gasteiger partial charge on any atom is 0.218 e. The molecule has 4 aromatic rings. The van der Waals surface area contributed by atoms with E-state index in [1.165, 1.54) is 12.1 Å². The summed E-state index contributed by atoms with van der Waals surface area (Å²) in [6.45, 7) is 0.377. The fraction of sp³-hybridized carbons (Fsp3) is 0.130. The maximum atomic E-state index is 13.2. The lowest BCUT2D eigenvalue weighted by Gasteiger charge is -2.09. The molecule has 32 heavy (non-hydrogen) atoms. The number of methoxy groups -OCH3 is 2. The van der Waals surface area contributed by atoms with E-state index in [4.69, 9.17) is 9.47 Å². The molecule has 9 heteroatoms. The number of nitrogens with zero attached hydrogens (tertiary/aromatic N) is 4. The minimum atomic E-state index is -0.349. The van der Waals surface area contributed by atoms with Crippen molar-refractivity contribution in [2.24, 2.45) is 0 Å². The van der Waals surface area contributed by atoms with Crippen LogP contribution in [0.25, 0.3) is 0 Å². The summed E-state index contributed by atoms with van der Waals surface area (Å²) in [6, 6.07) is 14.6. The second-order valence-corrected chi connectivity index (χ2v) is 6.88. The molecule has 0 atom stereocenters. The summed E-state index contributed by atoms with van der Waals surface area (Å²) in [5.41, 5.74) is 1.99. The van der Waals surface area contributed by atoms with Crippen LogP contribution in [0.4, 0.5) is 15.9 Å². The SMILES string of the molecule is COc1cc(Cn2cc(C(=O)c3cccnc3Nc3ccc(F)cc3)nn2)cc(OC)c1. The van der Waals surface area contributed by atoms with E-state index in [0.717, 1.165) is 5.56 Å². The van der Waals surface area contributed by atoms with Crippen LogP contribution in [0.15, 0.2) is 67.0 Å². The Morgan fingerprint density at radius 2 is 1.78 bits per heavy atom. The summed E-state index contributed by atoms with van der Waals surface area (Å²) in [7, 11) is 3.16. The molecule has 0 spiro atoms. The largest absolute Gasteiger partial charge is 0.497 e. The number of hydrogen-bond acceptors (Lipinski definition) is 7. The van der Waals surface area contributed by atoms with Crippen molar-refractivity contribution >= 4 is 17.3 Å². The number of carbonyl (C=O) groups excluding carboxylic acids is 1. The van der Waals surface area contributed by atoms with Gasteiger partial charge in [-0.1, -0.05) is 5.21 Å². The standard InChI is InChI=1S/C23H20FN5O3/c1-31-18-10-15(11-19(12-18)32-2)13-29-14-21(27-28-29)22(30)20-4-3-9-25-23(20)26-17-7-5-16(24)6-8-17/h3-12,14H,13H2,1-2H3,(H,25,26). The molecule has 1 N–H and O–H groups in total. The first-order valence-electron chi connectivity index (χ1n) is 9.70. The Hall–Kier alpha value is -4.27. The Kier molecular flexibility index (Phi) is 6.07. The molecule has 0 radical (unpaired) electrons. The van der Waals surface area contributed by atoms with Crippen LogP contribution in [0.3, 0.4) is 0 Å². The molecule has 0 aliphatic heterocycles. The number of rotatable bonds is 8. The molecule has 0 bridgehead atoms. The van der Waals surface area contributed by atoms with Gasteiger partial charge in [-0.15, -0.1) is 5.10 Å². The molecule has 0 amide bonds. The number of ketones is 1. The number of ether oxygens (including phenoxy) is 2. The third-order valence-corrected chi connectivity index (χ3v) is 4.69. The highest BCUT2D eigenvalue weighted by molar-refractivity contribution is 6.10. The van der Waals surface area contributed by atoms with Crippen molar-refractivity contribution in [1.29, 1.82) is 0 Å². The molecular formula is C23H20FN5O3. The number of benzene rings is 2. The molecular weight excluding hydrogens is 413 g/mol. The Labute approximate surface area is 183 Å². The van der Waals surface area contributed by atoms with Crippen molar-refractivity contribution < 1.29 is 18.7 Å². The lowest BCUT2D eigenvalue weighted by Crippen LogP contribution is -2.07. The zero-order valence-electron chi connectivity index (χ0n) is 17.4. The van der Waals surface area contributed by atoms with E-state index in [1.54, 1.807) is 61.6 Å². The first kappa shape index (κ1) is 21.0. The van der Waals surface area contributed by atoms with Gasteiger partial charge in [-0.05, 0) is 54.1 Å². The van der Waals surface area contributed by atoms with Crippen LogP contribution in [0.5, 0.6) is 11.5 Å². The average Bonchev–Trinajstić information content (AvgIpc) is 3.28. The number of halogens is 1. The second-order valence-electron chi connectivity index (χ2n) is 6.88. The zero-order valence-corrected chi connectivity index (χ0v) is 17.4. The lowest BCUT2D eigenvalue weighted by molar-refractivity contribution is 0.103. The molecule has 0 fully saturated rings. The fourth-order valence-electron chi connectivity index (χ4n) is 3.12. The summed E-state index contributed by atoms with van der Waals surface area (Å²) in [5, 5.41) is 11.1. The molecule has 0 unspecified atom stereocenters. The molecule has 2 aromatic carbocycles. The predicted molar refractivity (Wildman–Crippen MR) is 116 cm³/mol. The topological polar surface area (TPSA) is 91.2 Å². The van der Waals surface area contributed by atoms with E-state index in [2.05, 4.69) is 20.6 Å². The first-order chi connectivity index (χ1) is 15.6. The summed E-state index contributed by atoms with van der Waals surface area (Å²) in [6.07, 6.45) is 3.14. The number of pyridine rings is 1. The predicted octanol–water partition coefficient (Wildman–Crippen LogP) is 3.85. The molecule has 8 nitrogen and oxygen atoms in total. The molecule has 0 aliphatic rings. The van der Waals surface area contributed by atoms with Crippen LogP contribution >= 0.6 is 0 Å². The van der Waals surface area contributed by atoms with Gasteiger partial charge < -0.3 is 14.8 Å². The molecule has 0 saturated carbocycles. The number of nitrogens with one attached hydrogen (secondary N) is 1. The van der Waals surface area contributed by atoms with E-state index in [-0.39, 0.29) is 17.3 Å². The Bertz CT molecular complexity index is 1220. The molecule has 2 heterocycles. The van der Waals surface area contributed by atoms with Gasteiger partial charge in [0.15, 0.2) is 5.69 Å². The normalized spacial score (nSPS) is 10.6. The number of anilines is 2. The Morgan fingerprint density at radius 3 is 2.47 bits per heavy atom. The van der Waals surface area contributed by atoms with Crippen molar-refractivity contribution in [1.82, 2.24) is 20.0 Å². The fourth-order valence-corrected chi connectivity index (χ4v) is 3.12. The van der Waals surface area contributed by atoms with Gasteiger partial charge in [0.2, 0.25) is 5.78 Å². The molecule has 0 saturated heterocycles. The van der Waals surface area contributed by atoms with Crippen molar-refractivity contribution in [3.63, 3.8) is 0 Å². The third kappa shape index (κ3) is 4.72. The van der Waals surface area contributed by atoms with E-state index >= 15 is 0 Å². The van der Waals surface area contributed by atoms with Crippen LogP contribution in [-0.2, 0) is 6.54 Å². The van der Waals surface area contributed by atoms with Gasteiger partial charge in [0.1, 0.15) is 23.1 Å². The van der Waals surface area contributed by atoms with Crippen LogP contribution in [0.2, 0.25) is 0 Å². The van der Waals surface area contributed by atoms with Crippen LogP contribution in [-0.4, -0.2) is 40.0 Å². The van der Waals surface area contributed by atoms with Crippen molar-refractivity contribution in [3.8, 4) is 11.5 Å². The Balaban J connectivity index is 1.55. The minimum Gasteiger partial charge on any atom is -0.497 e. The van der Waals surface area contributed by atoms with Gasteiger partial charge in [0, 0.05) is 18.0 Å². The monoisotopic (exact) mass is 433 g/mol. The zero-order chi connectivity index (χ0) is 22.5. The smallest absolute Gasteiger partial charge is 0.218 e. The summed E-state index contributed by atoms with van der Waals surface area (Å²) in [4.78, 5) is 17.3. The third-order valence-electron chi connectivity index (χ3n) is 4.69. The minimum absolute atomic E-state index is 0.176. The molecule has 162 valence electrons. The summed E-state index contributed by atoms with van der Waals surface area (Å²) < 4.78 is 25.3.